The standard InChI is InChI=1S/C17H15ClN2O4/c1-23-16(21)11-24-13-8-6-12(7-9-13)10-19-20-17(22)14-4-2-3-5-15(14)18/h2-10H,11H2,1H3,(H,20,22)/b19-10-. The van der Waals surface area contributed by atoms with Crippen molar-refractivity contribution in [2.24, 2.45) is 5.10 Å². The lowest BCUT2D eigenvalue weighted by Gasteiger charge is -2.04. The molecule has 0 aliphatic carbocycles. The van der Waals surface area contributed by atoms with Crippen LogP contribution in [0, 0.1) is 0 Å². The third kappa shape index (κ3) is 5.10. The van der Waals surface area contributed by atoms with E-state index >= 15 is 0 Å². The summed E-state index contributed by atoms with van der Waals surface area (Å²) in [6.45, 7) is -0.155. The monoisotopic (exact) mass is 346 g/mol. The summed E-state index contributed by atoms with van der Waals surface area (Å²) < 4.78 is 9.71. The molecule has 0 aliphatic rings. The molecule has 1 N–H and O–H groups in total. The predicted octanol–water partition coefficient (Wildman–Crippen LogP) is 2.66. The molecule has 0 aromatic heterocycles. The molecule has 7 heteroatoms. The molecular formula is C17H15ClN2O4. The maximum absolute atomic E-state index is 11.9. The third-order valence-corrected chi connectivity index (χ3v) is 3.29. The SMILES string of the molecule is COC(=O)COc1ccc(/C=N\NC(=O)c2ccccc2Cl)cc1. The molecule has 124 valence electrons. The van der Waals surface area contributed by atoms with E-state index in [0.717, 1.165) is 5.56 Å². The lowest BCUT2D eigenvalue weighted by atomic mass is 10.2. The highest BCUT2D eigenvalue weighted by Crippen LogP contribution is 2.14. The Morgan fingerprint density at radius 2 is 1.88 bits per heavy atom. The van der Waals surface area contributed by atoms with Gasteiger partial charge < -0.3 is 9.47 Å². The molecule has 1 amide bonds. The maximum atomic E-state index is 11.9. The average molecular weight is 347 g/mol. The van der Waals surface area contributed by atoms with Crippen molar-refractivity contribution in [3.05, 3.63) is 64.7 Å². The van der Waals surface area contributed by atoms with Crippen molar-refractivity contribution in [2.45, 2.75) is 0 Å². The molecule has 0 heterocycles. The summed E-state index contributed by atoms with van der Waals surface area (Å²) >= 11 is 5.94. The zero-order chi connectivity index (χ0) is 17.4. The Hall–Kier alpha value is -2.86. The molecule has 0 aliphatic heterocycles. The fourth-order valence-electron chi connectivity index (χ4n) is 1.72. The highest BCUT2D eigenvalue weighted by molar-refractivity contribution is 6.33. The van der Waals surface area contributed by atoms with Gasteiger partial charge >= 0.3 is 5.97 Å². The van der Waals surface area contributed by atoms with Gasteiger partial charge in [-0.1, -0.05) is 23.7 Å². The molecule has 0 radical (unpaired) electrons. The number of carbonyl (C=O) groups excluding carboxylic acids is 2. The van der Waals surface area contributed by atoms with Crippen LogP contribution in [0.5, 0.6) is 5.75 Å². The Morgan fingerprint density at radius 1 is 1.17 bits per heavy atom. The van der Waals surface area contributed by atoms with Crippen LogP contribution in [-0.4, -0.2) is 31.8 Å². The minimum atomic E-state index is -0.456. The maximum Gasteiger partial charge on any atom is 0.343 e. The van der Waals surface area contributed by atoms with Crippen molar-refractivity contribution < 1.29 is 19.1 Å². The second kappa shape index (κ2) is 8.69. The van der Waals surface area contributed by atoms with Crippen molar-refractivity contribution >= 4 is 29.7 Å². The topological polar surface area (TPSA) is 77.0 Å². The normalized spacial score (nSPS) is 10.4. The zero-order valence-electron chi connectivity index (χ0n) is 12.9. The van der Waals surface area contributed by atoms with E-state index in [-0.39, 0.29) is 6.61 Å². The summed E-state index contributed by atoms with van der Waals surface area (Å²) in [5, 5.41) is 4.24. The minimum Gasteiger partial charge on any atom is -0.482 e. The average Bonchev–Trinajstić information content (AvgIpc) is 2.61. The largest absolute Gasteiger partial charge is 0.482 e. The van der Waals surface area contributed by atoms with Crippen molar-refractivity contribution in [1.29, 1.82) is 0 Å². The van der Waals surface area contributed by atoms with Gasteiger partial charge in [0.25, 0.3) is 5.91 Å². The van der Waals surface area contributed by atoms with Crippen LogP contribution < -0.4 is 10.2 Å². The fourth-order valence-corrected chi connectivity index (χ4v) is 1.94. The second-order valence-electron chi connectivity index (χ2n) is 4.61. The zero-order valence-corrected chi connectivity index (χ0v) is 13.6. The Balaban J connectivity index is 1.89. The highest BCUT2D eigenvalue weighted by atomic mass is 35.5. The number of hydrogen-bond acceptors (Lipinski definition) is 5. The van der Waals surface area contributed by atoms with E-state index in [1.165, 1.54) is 13.3 Å². The van der Waals surface area contributed by atoms with Gasteiger partial charge in [0, 0.05) is 0 Å². The Morgan fingerprint density at radius 3 is 2.54 bits per heavy atom. The number of benzene rings is 2. The lowest BCUT2D eigenvalue weighted by molar-refractivity contribution is -0.142. The quantitative estimate of drug-likeness (QED) is 0.495. The molecular weight excluding hydrogens is 332 g/mol. The highest BCUT2D eigenvalue weighted by Gasteiger charge is 2.07. The van der Waals surface area contributed by atoms with E-state index in [1.807, 2.05) is 0 Å². The van der Waals surface area contributed by atoms with Gasteiger partial charge in [-0.15, -0.1) is 0 Å². The number of ether oxygens (including phenoxy) is 2. The van der Waals surface area contributed by atoms with Gasteiger partial charge in [0.15, 0.2) is 6.61 Å². The van der Waals surface area contributed by atoms with Crippen molar-refractivity contribution in [2.75, 3.05) is 13.7 Å². The Kier molecular flexibility index (Phi) is 6.33. The van der Waals surface area contributed by atoms with Crippen LogP contribution in [0.1, 0.15) is 15.9 Å². The van der Waals surface area contributed by atoms with Crippen LogP contribution in [0.25, 0.3) is 0 Å². The molecule has 0 saturated heterocycles. The van der Waals surface area contributed by atoms with Gasteiger partial charge in [0.2, 0.25) is 0 Å². The Bertz CT molecular complexity index is 745. The first kappa shape index (κ1) is 17.5. The first-order valence-corrected chi connectivity index (χ1v) is 7.35. The molecule has 6 nitrogen and oxygen atoms in total. The van der Waals surface area contributed by atoms with E-state index in [0.29, 0.717) is 16.3 Å². The van der Waals surface area contributed by atoms with E-state index < -0.39 is 11.9 Å². The molecule has 0 spiro atoms. The summed E-state index contributed by atoms with van der Waals surface area (Å²) in [5.74, 6) is -0.324. The van der Waals surface area contributed by atoms with E-state index in [2.05, 4.69) is 15.3 Å². The number of rotatable bonds is 6. The van der Waals surface area contributed by atoms with Crippen molar-refractivity contribution in [3.8, 4) is 5.75 Å². The van der Waals surface area contributed by atoms with Gasteiger partial charge in [-0.25, -0.2) is 10.2 Å². The molecule has 0 unspecified atom stereocenters. The van der Waals surface area contributed by atoms with Crippen LogP contribution in [0.2, 0.25) is 5.02 Å². The van der Waals surface area contributed by atoms with Crippen LogP contribution in [0.3, 0.4) is 0 Å². The molecule has 0 atom stereocenters. The van der Waals surface area contributed by atoms with Crippen LogP contribution in [0.15, 0.2) is 53.6 Å². The lowest BCUT2D eigenvalue weighted by Crippen LogP contribution is -2.17. The van der Waals surface area contributed by atoms with Crippen LogP contribution in [0.4, 0.5) is 0 Å². The van der Waals surface area contributed by atoms with Gasteiger partial charge in [-0.2, -0.15) is 5.10 Å². The van der Waals surface area contributed by atoms with E-state index in [4.69, 9.17) is 16.3 Å². The smallest absolute Gasteiger partial charge is 0.343 e. The molecule has 24 heavy (non-hydrogen) atoms. The first-order valence-electron chi connectivity index (χ1n) is 6.98. The van der Waals surface area contributed by atoms with Gasteiger partial charge in [-0.3, -0.25) is 4.79 Å². The van der Waals surface area contributed by atoms with Crippen LogP contribution in [-0.2, 0) is 9.53 Å². The van der Waals surface area contributed by atoms with E-state index in [1.54, 1.807) is 48.5 Å². The predicted molar refractivity (Wildman–Crippen MR) is 90.5 cm³/mol. The van der Waals surface area contributed by atoms with Gasteiger partial charge in [0.1, 0.15) is 5.75 Å². The van der Waals surface area contributed by atoms with Crippen LogP contribution >= 0.6 is 11.6 Å². The molecule has 2 rings (SSSR count). The number of esters is 1. The van der Waals surface area contributed by atoms with Gasteiger partial charge in [0.05, 0.1) is 23.9 Å². The summed E-state index contributed by atoms with van der Waals surface area (Å²) in [4.78, 5) is 22.9. The van der Waals surface area contributed by atoms with Crippen molar-refractivity contribution in [1.82, 2.24) is 5.43 Å². The molecule has 2 aromatic carbocycles. The number of nitrogens with zero attached hydrogens (tertiary/aromatic N) is 1. The summed E-state index contributed by atoms with van der Waals surface area (Å²) in [5.41, 5.74) is 3.50. The molecule has 0 saturated carbocycles. The molecule has 2 aromatic rings. The number of halogens is 1. The van der Waals surface area contributed by atoms with E-state index in [9.17, 15) is 9.59 Å². The molecule has 0 bridgehead atoms. The van der Waals surface area contributed by atoms with Gasteiger partial charge in [-0.05, 0) is 42.0 Å². The summed E-state index contributed by atoms with van der Waals surface area (Å²) in [7, 11) is 1.29. The Labute approximate surface area is 144 Å². The summed E-state index contributed by atoms with van der Waals surface area (Å²) in [6, 6.07) is 13.5. The second-order valence-corrected chi connectivity index (χ2v) is 5.02. The molecule has 0 fully saturated rings. The number of carbonyl (C=O) groups is 2. The number of nitrogens with one attached hydrogen (secondary N) is 1. The first-order chi connectivity index (χ1) is 11.6. The minimum absolute atomic E-state index is 0.155. The van der Waals surface area contributed by atoms with Crippen molar-refractivity contribution in [3.63, 3.8) is 0 Å². The number of hydrogen-bond donors (Lipinski definition) is 1. The number of amides is 1. The fraction of sp³-hybridized carbons (Fsp3) is 0.118. The third-order valence-electron chi connectivity index (χ3n) is 2.96. The summed E-state index contributed by atoms with van der Waals surface area (Å²) in [6.07, 6.45) is 1.48. The number of hydrazone groups is 1. The number of methoxy groups -OCH3 is 1.